The van der Waals surface area contributed by atoms with E-state index in [4.69, 9.17) is 9.47 Å². The normalized spacial score (nSPS) is 29.8. The Labute approximate surface area is 140 Å². The maximum absolute atomic E-state index is 12.5. The van der Waals surface area contributed by atoms with E-state index in [2.05, 4.69) is 12.1 Å². The molecule has 0 amide bonds. The van der Waals surface area contributed by atoms with Gasteiger partial charge >= 0.3 is 5.97 Å². The lowest BCUT2D eigenvalue weighted by Gasteiger charge is -2.19. The zero-order chi connectivity index (χ0) is 16.7. The number of carbonyl (C=O) groups is 2. The van der Waals surface area contributed by atoms with Gasteiger partial charge in [0.15, 0.2) is 5.78 Å². The van der Waals surface area contributed by atoms with Crippen LogP contribution in [0.4, 0.5) is 0 Å². The van der Waals surface area contributed by atoms with Crippen molar-refractivity contribution >= 4 is 11.8 Å². The standard InChI is InChI=1S/C20H18O4/c1-12-9-19(24-20(12)22)23-11-17-16-10-13-5-2-3-6-14(13)15(16)7-4-8-18(17)21/h2-6,8-9,11,15-16,19H,7,10H2,1H3. The van der Waals surface area contributed by atoms with E-state index in [1.54, 1.807) is 19.1 Å². The molecule has 1 heterocycles. The van der Waals surface area contributed by atoms with Gasteiger partial charge in [-0.1, -0.05) is 30.3 Å². The number of benzene rings is 1. The topological polar surface area (TPSA) is 52.6 Å². The molecule has 122 valence electrons. The molecule has 0 spiro atoms. The molecule has 2 aliphatic carbocycles. The molecule has 0 fully saturated rings. The number of hydrogen-bond acceptors (Lipinski definition) is 4. The van der Waals surface area contributed by atoms with Gasteiger partial charge in [0, 0.05) is 23.1 Å². The summed E-state index contributed by atoms with van der Waals surface area (Å²) in [6.07, 6.45) is 7.63. The van der Waals surface area contributed by atoms with Crippen LogP contribution in [0.2, 0.25) is 0 Å². The second-order valence-corrected chi connectivity index (χ2v) is 6.45. The fourth-order valence-electron chi connectivity index (χ4n) is 3.75. The van der Waals surface area contributed by atoms with E-state index in [1.165, 1.54) is 17.4 Å². The van der Waals surface area contributed by atoms with E-state index in [-0.39, 0.29) is 17.7 Å². The maximum atomic E-state index is 12.5. The molecule has 0 radical (unpaired) electrons. The summed E-state index contributed by atoms with van der Waals surface area (Å²) < 4.78 is 10.7. The number of esters is 1. The van der Waals surface area contributed by atoms with Crippen LogP contribution in [0.5, 0.6) is 0 Å². The minimum atomic E-state index is -0.743. The minimum absolute atomic E-state index is 0.0275. The van der Waals surface area contributed by atoms with Crippen LogP contribution in [0.25, 0.3) is 0 Å². The molecule has 3 unspecified atom stereocenters. The SMILES string of the molecule is CC1=CC(OC=C2C(=O)C=CCC3c4ccccc4CC23)OC1=O. The van der Waals surface area contributed by atoms with Crippen LogP contribution >= 0.6 is 0 Å². The van der Waals surface area contributed by atoms with Gasteiger partial charge in [-0.05, 0) is 42.9 Å². The van der Waals surface area contributed by atoms with E-state index >= 15 is 0 Å². The molecule has 1 aromatic rings. The number of allylic oxidation sites excluding steroid dienone is 3. The van der Waals surface area contributed by atoms with Crippen molar-refractivity contribution in [3.05, 3.63) is 71.0 Å². The summed E-state index contributed by atoms with van der Waals surface area (Å²) in [4.78, 5) is 23.9. The summed E-state index contributed by atoms with van der Waals surface area (Å²) in [5.41, 5.74) is 3.79. The van der Waals surface area contributed by atoms with Gasteiger partial charge in [-0.3, -0.25) is 4.79 Å². The third kappa shape index (κ3) is 2.48. The number of ether oxygens (including phenoxy) is 2. The highest BCUT2D eigenvalue weighted by Gasteiger charge is 2.37. The molecule has 1 aliphatic heterocycles. The van der Waals surface area contributed by atoms with Gasteiger partial charge in [-0.15, -0.1) is 0 Å². The average Bonchev–Trinajstić information content (AvgIpc) is 3.03. The van der Waals surface area contributed by atoms with Gasteiger partial charge in [-0.2, -0.15) is 0 Å². The Balaban J connectivity index is 1.62. The summed E-state index contributed by atoms with van der Waals surface area (Å²) in [6, 6.07) is 8.35. The molecule has 4 rings (SSSR count). The lowest BCUT2D eigenvalue weighted by Crippen LogP contribution is -2.16. The third-order valence-electron chi connectivity index (χ3n) is 4.98. The first-order chi connectivity index (χ1) is 11.6. The van der Waals surface area contributed by atoms with E-state index in [9.17, 15) is 9.59 Å². The summed E-state index contributed by atoms with van der Waals surface area (Å²) in [6.45, 7) is 1.68. The molecular weight excluding hydrogens is 304 g/mol. The molecule has 0 bridgehead atoms. The molecule has 0 aromatic heterocycles. The van der Waals surface area contributed by atoms with Crippen LogP contribution in [0, 0.1) is 5.92 Å². The Kier molecular flexibility index (Phi) is 3.60. The first-order valence-electron chi connectivity index (χ1n) is 8.17. The molecule has 24 heavy (non-hydrogen) atoms. The van der Waals surface area contributed by atoms with Crippen molar-refractivity contribution in [1.82, 2.24) is 0 Å². The van der Waals surface area contributed by atoms with Gasteiger partial charge in [0.25, 0.3) is 6.29 Å². The fraction of sp³-hybridized carbons (Fsp3) is 0.300. The molecule has 4 nitrogen and oxygen atoms in total. The lowest BCUT2D eigenvalue weighted by atomic mass is 9.85. The fourth-order valence-corrected chi connectivity index (χ4v) is 3.75. The third-order valence-corrected chi connectivity index (χ3v) is 4.98. The predicted molar refractivity (Wildman–Crippen MR) is 87.9 cm³/mol. The van der Waals surface area contributed by atoms with Gasteiger partial charge in [0.1, 0.15) is 0 Å². The van der Waals surface area contributed by atoms with Crippen LogP contribution in [-0.4, -0.2) is 18.0 Å². The Morgan fingerprint density at radius 3 is 2.83 bits per heavy atom. The van der Waals surface area contributed by atoms with Crippen LogP contribution in [-0.2, 0) is 25.5 Å². The first-order valence-corrected chi connectivity index (χ1v) is 8.17. The number of ketones is 1. The number of carbonyl (C=O) groups excluding carboxylic acids is 2. The molecule has 0 N–H and O–H groups in total. The van der Waals surface area contributed by atoms with Crippen molar-refractivity contribution in [2.75, 3.05) is 0 Å². The van der Waals surface area contributed by atoms with Gasteiger partial charge in [0.05, 0.1) is 6.26 Å². The number of cyclic esters (lactones) is 1. The van der Waals surface area contributed by atoms with Crippen molar-refractivity contribution in [2.24, 2.45) is 5.92 Å². The summed E-state index contributed by atoms with van der Waals surface area (Å²) in [5, 5.41) is 0. The highest BCUT2D eigenvalue weighted by molar-refractivity contribution is 6.04. The Hall–Kier alpha value is -2.62. The lowest BCUT2D eigenvalue weighted by molar-refractivity contribution is -0.152. The summed E-state index contributed by atoms with van der Waals surface area (Å²) in [7, 11) is 0. The quantitative estimate of drug-likeness (QED) is 0.477. The number of rotatable bonds is 2. The highest BCUT2D eigenvalue weighted by atomic mass is 16.7. The highest BCUT2D eigenvalue weighted by Crippen LogP contribution is 2.45. The van der Waals surface area contributed by atoms with Crippen LogP contribution in [0.1, 0.15) is 30.4 Å². The first kappa shape index (κ1) is 14.9. The van der Waals surface area contributed by atoms with Crippen LogP contribution < -0.4 is 0 Å². The summed E-state index contributed by atoms with van der Waals surface area (Å²) >= 11 is 0. The number of hydrogen-bond donors (Lipinski definition) is 0. The van der Waals surface area contributed by atoms with E-state index < -0.39 is 6.29 Å². The molecule has 4 heteroatoms. The van der Waals surface area contributed by atoms with Crippen molar-refractivity contribution in [3.63, 3.8) is 0 Å². The molecule has 3 atom stereocenters. The van der Waals surface area contributed by atoms with Crippen LogP contribution in [0.3, 0.4) is 0 Å². The maximum Gasteiger partial charge on any atom is 0.336 e. The Morgan fingerprint density at radius 1 is 1.21 bits per heavy atom. The van der Waals surface area contributed by atoms with Crippen molar-refractivity contribution in [1.29, 1.82) is 0 Å². The zero-order valence-corrected chi connectivity index (χ0v) is 13.4. The van der Waals surface area contributed by atoms with E-state index in [1.807, 2.05) is 18.2 Å². The largest absolute Gasteiger partial charge is 0.458 e. The Bertz CT molecular complexity index is 800. The van der Waals surface area contributed by atoms with E-state index in [0.717, 1.165) is 12.8 Å². The predicted octanol–water partition coefficient (Wildman–Crippen LogP) is 3.20. The van der Waals surface area contributed by atoms with Gasteiger partial charge in [-0.25, -0.2) is 4.79 Å². The van der Waals surface area contributed by atoms with Gasteiger partial charge in [0.2, 0.25) is 0 Å². The van der Waals surface area contributed by atoms with Crippen molar-refractivity contribution in [2.45, 2.75) is 32.0 Å². The monoisotopic (exact) mass is 322 g/mol. The zero-order valence-electron chi connectivity index (χ0n) is 13.4. The number of fused-ring (bicyclic) bond motifs is 3. The van der Waals surface area contributed by atoms with Gasteiger partial charge < -0.3 is 9.47 Å². The Morgan fingerprint density at radius 2 is 2.04 bits per heavy atom. The minimum Gasteiger partial charge on any atom is -0.458 e. The second-order valence-electron chi connectivity index (χ2n) is 6.45. The molecule has 0 saturated carbocycles. The van der Waals surface area contributed by atoms with E-state index in [0.29, 0.717) is 17.1 Å². The summed E-state index contributed by atoms with van der Waals surface area (Å²) in [5.74, 6) is -0.00814. The van der Waals surface area contributed by atoms with Crippen LogP contribution in [0.15, 0.2) is 59.9 Å². The van der Waals surface area contributed by atoms with Crippen molar-refractivity contribution < 1.29 is 19.1 Å². The average molecular weight is 322 g/mol. The second kappa shape index (κ2) is 5.78. The molecule has 1 aromatic carbocycles. The van der Waals surface area contributed by atoms with Crippen molar-refractivity contribution in [3.8, 4) is 0 Å². The molecule has 3 aliphatic rings. The molecule has 0 saturated heterocycles. The smallest absolute Gasteiger partial charge is 0.336 e. The molecular formula is C20H18O4.